The minimum Gasteiger partial charge on any atom is -0.397 e. The summed E-state index contributed by atoms with van der Waals surface area (Å²) in [7, 11) is 3.49. The van der Waals surface area contributed by atoms with Crippen molar-refractivity contribution >= 4 is 17.3 Å². The van der Waals surface area contributed by atoms with Gasteiger partial charge < -0.3 is 20.4 Å². The van der Waals surface area contributed by atoms with E-state index in [9.17, 15) is 4.79 Å². The molecule has 0 aliphatic carbocycles. The molecule has 0 atom stereocenters. The van der Waals surface area contributed by atoms with Crippen molar-refractivity contribution < 1.29 is 4.79 Å². The SMILES string of the molecule is CCN1CCN(c2ccc(C(=O)N(C)C)cc2N)CC1. The molecule has 5 heteroatoms. The lowest BCUT2D eigenvalue weighted by Gasteiger charge is -2.36. The zero-order valence-corrected chi connectivity index (χ0v) is 12.6. The monoisotopic (exact) mass is 276 g/mol. The number of hydrogen-bond donors (Lipinski definition) is 1. The van der Waals surface area contributed by atoms with Crippen LogP contribution >= 0.6 is 0 Å². The van der Waals surface area contributed by atoms with Crippen LogP contribution in [0.5, 0.6) is 0 Å². The van der Waals surface area contributed by atoms with Crippen molar-refractivity contribution in [1.29, 1.82) is 0 Å². The molecule has 0 unspecified atom stereocenters. The molecule has 0 bridgehead atoms. The maximum atomic E-state index is 11.9. The molecular formula is C15H24N4O. The van der Waals surface area contributed by atoms with Crippen LogP contribution in [-0.4, -0.2) is 62.5 Å². The molecule has 2 N–H and O–H groups in total. The summed E-state index contributed by atoms with van der Waals surface area (Å²) in [6.45, 7) is 7.38. The molecule has 2 rings (SSSR count). The van der Waals surface area contributed by atoms with Crippen molar-refractivity contribution in [2.75, 3.05) is 57.5 Å². The smallest absolute Gasteiger partial charge is 0.253 e. The molecular weight excluding hydrogens is 252 g/mol. The van der Waals surface area contributed by atoms with Crippen molar-refractivity contribution in [2.45, 2.75) is 6.92 Å². The van der Waals surface area contributed by atoms with Crippen LogP contribution in [0, 0.1) is 0 Å². The number of anilines is 2. The number of carbonyl (C=O) groups excluding carboxylic acids is 1. The van der Waals surface area contributed by atoms with Crippen molar-refractivity contribution in [2.24, 2.45) is 0 Å². The summed E-state index contributed by atoms with van der Waals surface area (Å²) in [5.74, 6) is -0.0148. The summed E-state index contributed by atoms with van der Waals surface area (Å²) >= 11 is 0. The second-order valence-electron chi connectivity index (χ2n) is 5.39. The van der Waals surface area contributed by atoms with E-state index in [1.54, 1.807) is 25.1 Å². The summed E-state index contributed by atoms with van der Waals surface area (Å²) in [6, 6.07) is 5.61. The molecule has 1 saturated heterocycles. The quantitative estimate of drug-likeness (QED) is 0.840. The first-order chi connectivity index (χ1) is 9.52. The summed E-state index contributed by atoms with van der Waals surface area (Å²) in [5.41, 5.74) is 8.49. The van der Waals surface area contributed by atoms with Gasteiger partial charge in [-0.2, -0.15) is 0 Å². The highest BCUT2D eigenvalue weighted by molar-refractivity contribution is 5.95. The van der Waals surface area contributed by atoms with E-state index in [0.29, 0.717) is 11.3 Å². The molecule has 1 aliphatic rings. The molecule has 0 saturated carbocycles. The Hall–Kier alpha value is -1.75. The Balaban J connectivity index is 2.12. The second kappa shape index (κ2) is 6.13. The Bertz CT molecular complexity index is 479. The van der Waals surface area contributed by atoms with Gasteiger partial charge in [0.2, 0.25) is 0 Å². The molecule has 110 valence electrons. The highest BCUT2D eigenvalue weighted by Gasteiger charge is 2.18. The lowest BCUT2D eigenvalue weighted by atomic mass is 10.1. The molecule has 1 heterocycles. The maximum absolute atomic E-state index is 11.9. The first-order valence-electron chi connectivity index (χ1n) is 7.11. The molecule has 1 amide bonds. The minimum atomic E-state index is -0.0148. The summed E-state index contributed by atoms with van der Waals surface area (Å²) in [5, 5.41) is 0. The number of nitrogens with two attached hydrogens (primary N) is 1. The van der Waals surface area contributed by atoms with Crippen molar-refractivity contribution in [3.63, 3.8) is 0 Å². The van der Waals surface area contributed by atoms with Crippen molar-refractivity contribution in [1.82, 2.24) is 9.80 Å². The van der Waals surface area contributed by atoms with Crippen LogP contribution < -0.4 is 10.6 Å². The minimum absolute atomic E-state index is 0.0148. The van der Waals surface area contributed by atoms with E-state index in [4.69, 9.17) is 5.73 Å². The molecule has 5 nitrogen and oxygen atoms in total. The van der Waals surface area contributed by atoms with Crippen LogP contribution in [0.25, 0.3) is 0 Å². The number of likely N-dealkylation sites (N-methyl/N-ethyl adjacent to an activating group) is 1. The van der Waals surface area contributed by atoms with Gasteiger partial charge in [-0.3, -0.25) is 4.79 Å². The molecule has 0 spiro atoms. The van der Waals surface area contributed by atoms with Gasteiger partial charge in [0.05, 0.1) is 11.4 Å². The van der Waals surface area contributed by atoms with Gasteiger partial charge in [0.1, 0.15) is 0 Å². The van der Waals surface area contributed by atoms with Crippen LogP contribution in [-0.2, 0) is 0 Å². The van der Waals surface area contributed by atoms with Crippen LogP contribution in [0.3, 0.4) is 0 Å². The Morgan fingerprint density at radius 3 is 2.40 bits per heavy atom. The van der Waals surface area contributed by atoms with Crippen LogP contribution in [0.2, 0.25) is 0 Å². The number of nitrogens with zero attached hydrogens (tertiary/aromatic N) is 3. The number of benzene rings is 1. The lowest BCUT2D eigenvalue weighted by Crippen LogP contribution is -2.46. The van der Waals surface area contributed by atoms with E-state index in [2.05, 4.69) is 16.7 Å². The van der Waals surface area contributed by atoms with Gasteiger partial charge in [0.15, 0.2) is 0 Å². The Labute approximate surface area is 120 Å². The first-order valence-corrected chi connectivity index (χ1v) is 7.11. The molecule has 1 aromatic carbocycles. The fourth-order valence-corrected chi connectivity index (χ4v) is 2.54. The van der Waals surface area contributed by atoms with Gasteiger partial charge in [-0.1, -0.05) is 6.92 Å². The number of nitrogen functional groups attached to an aromatic ring is 1. The van der Waals surface area contributed by atoms with Crippen LogP contribution in [0.15, 0.2) is 18.2 Å². The van der Waals surface area contributed by atoms with Gasteiger partial charge in [0.25, 0.3) is 5.91 Å². The predicted molar refractivity (Wildman–Crippen MR) is 83.2 cm³/mol. The summed E-state index contributed by atoms with van der Waals surface area (Å²) < 4.78 is 0. The Morgan fingerprint density at radius 2 is 1.90 bits per heavy atom. The summed E-state index contributed by atoms with van der Waals surface area (Å²) in [6.07, 6.45) is 0. The number of carbonyl (C=O) groups is 1. The zero-order chi connectivity index (χ0) is 14.7. The molecule has 1 aromatic rings. The van der Waals surface area contributed by atoms with Crippen LogP contribution in [0.1, 0.15) is 17.3 Å². The van der Waals surface area contributed by atoms with E-state index in [0.717, 1.165) is 38.4 Å². The van der Waals surface area contributed by atoms with Gasteiger partial charge in [-0.05, 0) is 24.7 Å². The van der Waals surface area contributed by atoms with E-state index in [1.165, 1.54) is 0 Å². The Kier molecular flexibility index (Phi) is 4.49. The highest BCUT2D eigenvalue weighted by atomic mass is 16.2. The van der Waals surface area contributed by atoms with Crippen molar-refractivity contribution in [3.05, 3.63) is 23.8 Å². The molecule has 1 fully saturated rings. The second-order valence-corrected chi connectivity index (χ2v) is 5.39. The lowest BCUT2D eigenvalue weighted by molar-refractivity contribution is 0.0827. The normalized spacial score (nSPS) is 16.2. The van der Waals surface area contributed by atoms with Crippen LogP contribution in [0.4, 0.5) is 11.4 Å². The fourth-order valence-electron chi connectivity index (χ4n) is 2.54. The third-order valence-corrected chi connectivity index (χ3v) is 3.84. The Morgan fingerprint density at radius 1 is 1.25 bits per heavy atom. The molecule has 1 aliphatic heterocycles. The standard InChI is InChI=1S/C15H24N4O/c1-4-18-7-9-19(10-8-18)14-6-5-12(11-13(14)16)15(20)17(2)3/h5-6,11H,4,7-10,16H2,1-3H3. The van der Waals surface area contributed by atoms with Gasteiger partial charge in [-0.25, -0.2) is 0 Å². The number of rotatable bonds is 3. The molecule has 20 heavy (non-hydrogen) atoms. The predicted octanol–water partition coefficient (Wildman–Crippen LogP) is 1.11. The average molecular weight is 276 g/mol. The van der Waals surface area contributed by atoms with Gasteiger partial charge in [0, 0.05) is 45.8 Å². The van der Waals surface area contributed by atoms with E-state index < -0.39 is 0 Å². The third-order valence-electron chi connectivity index (χ3n) is 3.84. The van der Waals surface area contributed by atoms with Gasteiger partial charge in [-0.15, -0.1) is 0 Å². The maximum Gasteiger partial charge on any atom is 0.253 e. The van der Waals surface area contributed by atoms with Crippen molar-refractivity contribution in [3.8, 4) is 0 Å². The van der Waals surface area contributed by atoms with E-state index >= 15 is 0 Å². The molecule has 0 radical (unpaired) electrons. The van der Waals surface area contributed by atoms with Gasteiger partial charge >= 0.3 is 0 Å². The molecule has 0 aromatic heterocycles. The summed E-state index contributed by atoms with van der Waals surface area (Å²) in [4.78, 5) is 18.2. The first kappa shape index (κ1) is 14.7. The number of piperazine rings is 1. The van der Waals surface area contributed by atoms with E-state index in [-0.39, 0.29) is 5.91 Å². The number of amides is 1. The van der Waals surface area contributed by atoms with E-state index in [1.807, 2.05) is 12.1 Å². The number of hydrogen-bond acceptors (Lipinski definition) is 4. The average Bonchev–Trinajstić information content (AvgIpc) is 2.46. The third kappa shape index (κ3) is 3.04. The topological polar surface area (TPSA) is 52.8 Å². The zero-order valence-electron chi connectivity index (χ0n) is 12.6. The highest BCUT2D eigenvalue weighted by Crippen LogP contribution is 2.25. The fraction of sp³-hybridized carbons (Fsp3) is 0.533. The largest absolute Gasteiger partial charge is 0.397 e.